The zero-order valence-electron chi connectivity index (χ0n) is 16.1. The number of sulfone groups is 1. The number of hydrogen-bond donors (Lipinski definition) is 0. The summed E-state index contributed by atoms with van der Waals surface area (Å²) in [5, 5.41) is 1.95. The number of anilines is 2. The van der Waals surface area contributed by atoms with Crippen LogP contribution in [0.2, 0.25) is 0 Å². The molecule has 1 aliphatic heterocycles. The lowest BCUT2D eigenvalue weighted by molar-refractivity contribution is 0.602. The second kappa shape index (κ2) is 6.93. The molecule has 0 bridgehead atoms. The molecule has 6 nitrogen and oxygen atoms in total. The monoisotopic (exact) mass is 444 g/mol. The summed E-state index contributed by atoms with van der Waals surface area (Å²) in [6.45, 7) is 5.51. The Bertz CT molecular complexity index is 1320. The molecular formula is C20H20N4O2S3. The van der Waals surface area contributed by atoms with Crippen molar-refractivity contribution in [2.75, 3.05) is 42.2 Å². The Hall–Kier alpha value is -2.23. The standard InChI is InChI=1S/C20H20N4O2S3/c1-13-5-3-6-14-17(13)21-19(27-14)23-9-11-24(12-10-23)20-22-18-15(28-20)7-4-8-16(18)29(2,25)26/h3-8H,9-12H2,1-2H3. The van der Waals surface area contributed by atoms with Crippen molar-refractivity contribution in [2.24, 2.45) is 0 Å². The van der Waals surface area contributed by atoms with E-state index in [-0.39, 0.29) is 0 Å². The molecule has 0 aliphatic carbocycles. The fraction of sp³-hybridized carbons (Fsp3) is 0.300. The molecule has 150 valence electrons. The average Bonchev–Trinajstić information content (AvgIpc) is 3.32. The Labute approximate surface area is 177 Å². The number of thiazole rings is 2. The van der Waals surface area contributed by atoms with Gasteiger partial charge in [0.1, 0.15) is 5.52 Å². The largest absolute Gasteiger partial charge is 0.345 e. The number of rotatable bonds is 3. The maximum absolute atomic E-state index is 12.1. The first kappa shape index (κ1) is 18.8. The van der Waals surface area contributed by atoms with Crippen molar-refractivity contribution < 1.29 is 8.42 Å². The van der Waals surface area contributed by atoms with Crippen molar-refractivity contribution in [1.29, 1.82) is 0 Å². The topological polar surface area (TPSA) is 66.4 Å². The van der Waals surface area contributed by atoms with Crippen LogP contribution in [0.3, 0.4) is 0 Å². The highest BCUT2D eigenvalue weighted by molar-refractivity contribution is 7.91. The van der Waals surface area contributed by atoms with E-state index in [1.165, 1.54) is 16.5 Å². The van der Waals surface area contributed by atoms with E-state index in [0.717, 1.165) is 46.7 Å². The smallest absolute Gasteiger partial charge is 0.186 e. The van der Waals surface area contributed by atoms with Crippen molar-refractivity contribution in [2.45, 2.75) is 11.8 Å². The Balaban J connectivity index is 1.38. The lowest BCUT2D eigenvalue weighted by Crippen LogP contribution is -2.46. The Kier molecular flexibility index (Phi) is 4.49. The van der Waals surface area contributed by atoms with Crippen LogP contribution in [-0.2, 0) is 9.84 Å². The minimum Gasteiger partial charge on any atom is -0.345 e. The van der Waals surface area contributed by atoms with Gasteiger partial charge in [-0.25, -0.2) is 18.4 Å². The van der Waals surface area contributed by atoms with Gasteiger partial charge < -0.3 is 9.80 Å². The summed E-state index contributed by atoms with van der Waals surface area (Å²) in [7, 11) is -3.30. The van der Waals surface area contributed by atoms with Gasteiger partial charge in [-0.05, 0) is 30.7 Å². The van der Waals surface area contributed by atoms with Gasteiger partial charge in [-0.3, -0.25) is 0 Å². The molecule has 2 aromatic heterocycles. The van der Waals surface area contributed by atoms with Crippen LogP contribution in [-0.4, -0.2) is 50.8 Å². The predicted octanol–water partition coefficient (Wildman–Crippen LogP) is 3.94. The highest BCUT2D eigenvalue weighted by Gasteiger charge is 2.23. The van der Waals surface area contributed by atoms with Crippen molar-refractivity contribution in [3.8, 4) is 0 Å². The number of aryl methyl sites for hydroxylation is 1. The summed E-state index contributed by atoms with van der Waals surface area (Å²) in [6.07, 6.45) is 1.24. The number of aromatic nitrogens is 2. The summed E-state index contributed by atoms with van der Waals surface area (Å²) in [5.74, 6) is 0. The highest BCUT2D eigenvalue weighted by Crippen LogP contribution is 2.34. The third kappa shape index (κ3) is 3.37. The number of fused-ring (bicyclic) bond motifs is 2. The molecule has 0 N–H and O–H groups in total. The first-order valence-corrected chi connectivity index (χ1v) is 12.9. The van der Waals surface area contributed by atoms with E-state index in [0.29, 0.717) is 10.4 Å². The molecule has 4 aromatic rings. The second-order valence-electron chi connectivity index (χ2n) is 7.26. The Morgan fingerprint density at radius 2 is 1.34 bits per heavy atom. The molecule has 1 fully saturated rings. The molecule has 0 radical (unpaired) electrons. The summed E-state index contributed by atoms with van der Waals surface area (Å²) < 4.78 is 26.3. The minimum atomic E-state index is -3.30. The average molecular weight is 445 g/mol. The molecule has 1 aliphatic rings. The van der Waals surface area contributed by atoms with Gasteiger partial charge in [0.05, 0.1) is 19.8 Å². The van der Waals surface area contributed by atoms with Crippen LogP contribution in [0.25, 0.3) is 20.4 Å². The van der Waals surface area contributed by atoms with Crippen LogP contribution in [0.4, 0.5) is 10.3 Å². The zero-order valence-corrected chi connectivity index (χ0v) is 18.6. The van der Waals surface area contributed by atoms with Gasteiger partial charge in [0.2, 0.25) is 0 Å². The molecule has 29 heavy (non-hydrogen) atoms. The summed E-state index contributed by atoms with van der Waals surface area (Å²) >= 11 is 3.30. The molecule has 2 aromatic carbocycles. The second-order valence-corrected chi connectivity index (χ2v) is 11.3. The summed E-state index contributed by atoms with van der Waals surface area (Å²) in [6, 6.07) is 11.7. The first-order valence-electron chi connectivity index (χ1n) is 9.36. The van der Waals surface area contributed by atoms with E-state index in [9.17, 15) is 8.42 Å². The summed E-state index contributed by atoms with van der Waals surface area (Å²) in [4.78, 5) is 14.4. The molecule has 9 heteroatoms. The van der Waals surface area contributed by atoms with Crippen LogP contribution in [0.15, 0.2) is 41.3 Å². The first-order chi connectivity index (χ1) is 13.9. The van der Waals surface area contributed by atoms with Gasteiger partial charge in [-0.15, -0.1) is 0 Å². The quantitative estimate of drug-likeness (QED) is 0.477. The molecular weight excluding hydrogens is 424 g/mol. The van der Waals surface area contributed by atoms with Crippen LogP contribution in [0.1, 0.15) is 5.56 Å². The lowest BCUT2D eigenvalue weighted by Gasteiger charge is -2.34. The van der Waals surface area contributed by atoms with Crippen LogP contribution < -0.4 is 9.80 Å². The van der Waals surface area contributed by atoms with Gasteiger partial charge in [-0.2, -0.15) is 0 Å². The van der Waals surface area contributed by atoms with E-state index in [1.54, 1.807) is 34.8 Å². The molecule has 0 unspecified atom stereocenters. The zero-order chi connectivity index (χ0) is 20.2. The van der Waals surface area contributed by atoms with E-state index >= 15 is 0 Å². The van der Waals surface area contributed by atoms with E-state index in [1.807, 2.05) is 6.07 Å². The minimum absolute atomic E-state index is 0.306. The number of piperazine rings is 1. The van der Waals surface area contributed by atoms with Crippen LogP contribution >= 0.6 is 22.7 Å². The van der Waals surface area contributed by atoms with E-state index < -0.39 is 9.84 Å². The van der Waals surface area contributed by atoms with Crippen LogP contribution in [0, 0.1) is 6.92 Å². The third-order valence-electron chi connectivity index (χ3n) is 5.20. The van der Waals surface area contributed by atoms with Gasteiger partial charge in [0.25, 0.3) is 0 Å². The Morgan fingerprint density at radius 1 is 0.828 bits per heavy atom. The summed E-state index contributed by atoms with van der Waals surface area (Å²) in [5.41, 5.74) is 2.88. The number of hydrogen-bond acceptors (Lipinski definition) is 8. The molecule has 0 atom stereocenters. The maximum Gasteiger partial charge on any atom is 0.186 e. The van der Waals surface area contributed by atoms with Crippen molar-refractivity contribution in [3.63, 3.8) is 0 Å². The van der Waals surface area contributed by atoms with E-state index in [2.05, 4.69) is 39.9 Å². The van der Waals surface area contributed by atoms with Crippen LogP contribution in [0.5, 0.6) is 0 Å². The molecule has 1 saturated heterocycles. The number of para-hydroxylation sites is 2. The predicted molar refractivity (Wildman–Crippen MR) is 122 cm³/mol. The lowest BCUT2D eigenvalue weighted by atomic mass is 10.2. The van der Waals surface area contributed by atoms with Crippen molar-refractivity contribution in [3.05, 3.63) is 42.0 Å². The van der Waals surface area contributed by atoms with Gasteiger partial charge in [0, 0.05) is 32.4 Å². The maximum atomic E-state index is 12.1. The fourth-order valence-corrected chi connectivity index (χ4v) is 6.68. The molecule has 3 heterocycles. The fourth-order valence-electron chi connectivity index (χ4n) is 3.64. The molecule has 0 amide bonds. The van der Waals surface area contributed by atoms with Gasteiger partial charge in [-0.1, -0.05) is 40.9 Å². The number of nitrogens with zero attached hydrogens (tertiary/aromatic N) is 4. The normalized spacial score (nSPS) is 15.5. The SMILES string of the molecule is Cc1cccc2sc(N3CCN(c4nc5c(S(C)(=O)=O)cccc5s4)CC3)nc12. The van der Waals surface area contributed by atoms with E-state index in [4.69, 9.17) is 4.98 Å². The van der Waals surface area contributed by atoms with Gasteiger partial charge in [0.15, 0.2) is 20.1 Å². The van der Waals surface area contributed by atoms with Crippen molar-refractivity contribution >= 4 is 63.2 Å². The molecule has 0 spiro atoms. The molecule has 0 saturated carbocycles. The van der Waals surface area contributed by atoms with Gasteiger partial charge >= 0.3 is 0 Å². The highest BCUT2D eigenvalue weighted by atomic mass is 32.2. The van der Waals surface area contributed by atoms with Crippen molar-refractivity contribution in [1.82, 2.24) is 9.97 Å². The Morgan fingerprint density at radius 3 is 1.90 bits per heavy atom. The third-order valence-corrected chi connectivity index (χ3v) is 8.49. The molecule has 5 rings (SSSR count). The number of benzene rings is 2.